The first-order chi connectivity index (χ1) is 11.6. The largest absolute Gasteiger partial charge is 0.382 e. The third kappa shape index (κ3) is 3.23. The van der Waals surface area contributed by atoms with Gasteiger partial charge in [-0.1, -0.05) is 44.2 Å². The Morgan fingerprint density at radius 3 is 2.67 bits per heavy atom. The van der Waals surface area contributed by atoms with Crippen LogP contribution in [0.3, 0.4) is 0 Å². The van der Waals surface area contributed by atoms with Crippen molar-refractivity contribution in [1.29, 1.82) is 0 Å². The third-order valence-electron chi connectivity index (χ3n) is 5.89. The number of aliphatic imine (C=N–C) groups is 1. The molecule has 0 N–H and O–H groups in total. The predicted octanol–water partition coefficient (Wildman–Crippen LogP) is 4.62. The van der Waals surface area contributed by atoms with Gasteiger partial charge in [0.15, 0.2) is 0 Å². The van der Waals surface area contributed by atoms with Gasteiger partial charge in [-0.3, -0.25) is 4.99 Å². The molecule has 0 bridgehead atoms. The quantitative estimate of drug-likeness (QED) is 0.788. The Balaban J connectivity index is 1.95. The molecule has 0 aliphatic carbocycles. The van der Waals surface area contributed by atoms with Crippen LogP contribution in [0, 0.1) is 5.92 Å². The second-order valence-electron chi connectivity index (χ2n) is 7.91. The summed E-state index contributed by atoms with van der Waals surface area (Å²) >= 11 is 0. The van der Waals surface area contributed by atoms with Gasteiger partial charge in [0, 0.05) is 19.6 Å². The van der Waals surface area contributed by atoms with Gasteiger partial charge in [0.1, 0.15) is 5.84 Å². The number of benzene rings is 1. The van der Waals surface area contributed by atoms with Gasteiger partial charge in [0.25, 0.3) is 0 Å². The van der Waals surface area contributed by atoms with Gasteiger partial charge in [-0.25, -0.2) is 0 Å². The first-order valence-electron chi connectivity index (χ1n) is 9.46. The maximum atomic E-state index is 5.42. The summed E-state index contributed by atoms with van der Waals surface area (Å²) in [6.45, 7) is 7.61. The lowest BCUT2D eigenvalue weighted by Gasteiger charge is -2.48. The van der Waals surface area contributed by atoms with E-state index in [-0.39, 0.29) is 11.6 Å². The van der Waals surface area contributed by atoms with E-state index in [1.165, 1.54) is 37.1 Å². The van der Waals surface area contributed by atoms with Crippen molar-refractivity contribution >= 4 is 5.84 Å². The highest BCUT2D eigenvalue weighted by Gasteiger charge is 2.45. The smallest absolute Gasteiger partial charge is 0.100 e. The molecular formula is C21H32N2O. The summed E-state index contributed by atoms with van der Waals surface area (Å²) in [6.07, 6.45) is 6.19. The van der Waals surface area contributed by atoms with Crippen LogP contribution in [0.2, 0.25) is 0 Å². The maximum Gasteiger partial charge on any atom is 0.100 e. The van der Waals surface area contributed by atoms with Crippen LogP contribution < -0.4 is 0 Å². The van der Waals surface area contributed by atoms with Crippen LogP contribution >= 0.6 is 0 Å². The lowest BCUT2D eigenvalue weighted by Crippen LogP contribution is -2.52. The van der Waals surface area contributed by atoms with Gasteiger partial charge in [0.2, 0.25) is 0 Å². The van der Waals surface area contributed by atoms with E-state index in [4.69, 9.17) is 9.73 Å². The van der Waals surface area contributed by atoms with Gasteiger partial charge in [-0.15, -0.1) is 0 Å². The average Bonchev–Trinajstić information content (AvgIpc) is 3.00. The molecule has 3 rings (SSSR count). The molecule has 2 heterocycles. The Bertz CT molecular complexity index is 568. The Kier molecular flexibility index (Phi) is 5.29. The standard InChI is InChI=1S/C21H32N2O/c1-16(2)19(15-24-4)22-20-13-12-18-11-8-14-21(3,23(18)20)17-9-6-5-7-10-17/h5-7,9-10,16,18-19H,8,11-15H2,1-4H3/t18-,19-,21+/m1/s1. The molecule has 2 aliphatic rings. The summed E-state index contributed by atoms with van der Waals surface area (Å²) < 4.78 is 5.42. The van der Waals surface area contributed by atoms with E-state index in [1.54, 1.807) is 7.11 Å². The molecule has 2 saturated heterocycles. The summed E-state index contributed by atoms with van der Waals surface area (Å²) in [5.41, 5.74) is 1.51. The highest BCUT2D eigenvalue weighted by Crippen LogP contribution is 2.45. The minimum Gasteiger partial charge on any atom is -0.382 e. The topological polar surface area (TPSA) is 24.8 Å². The van der Waals surface area contributed by atoms with E-state index in [0.717, 1.165) is 6.42 Å². The molecule has 0 unspecified atom stereocenters. The fraction of sp³-hybridized carbons (Fsp3) is 0.667. The normalized spacial score (nSPS) is 30.0. The Labute approximate surface area is 147 Å². The van der Waals surface area contributed by atoms with Crippen molar-refractivity contribution in [1.82, 2.24) is 4.90 Å². The fourth-order valence-electron chi connectivity index (χ4n) is 4.47. The monoisotopic (exact) mass is 328 g/mol. The van der Waals surface area contributed by atoms with Gasteiger partial charge in [-0.05, 0) is 44.1 Å². The zero-order valence-corrected chi connectivity index (χ0v) is 15.7. The highest BCUT2D eigenvalue weighted by atomic mass is 16.5. The molecule has 0 amide bonds. The zero-order valence-electron chi connectivity index (χ0n) is 15.7. The number of nitrogens with zero attached hydrogens (tertiary/aromatic N) is 2. The SMILES string of the molecule is COC[C@@H](N=C1CC[C@H]2CCC[C@@](C)(c3ccccc3)N12)C(C)C. The number of fused-ring (bicyclic) bond motifs is 1. The molecule has 1 aromatic rings. The zero-order chi connectivity index (χ0) is 17.2. The first-order valence-corrected chi connectivity index (χ1v) is 9.46. The average molecular weight is 328 g/mol. The van der Waals surface area contributed by atoms with Crippen LogP contribution in [-0.2, 0) is 10.3 Å². The number of methoxy groups -OCH3 is 1. The number of amidine groups is 1. The van der Waals surface area contributed by atoms with Gasteiger partial charge < -0.3 is 9.64 Å². The molecule has 132 valence electrons. The number of ether oxygens (including phenoxy) is 1. The van der Waals surface area contributed by atoms with E-state index >= 15 is 0 Å². The van der Waals surface area contributed by atoms with Crippen LogP contribution in [0.5, 0.6) is 0 Å². The molecule has 3 heteroatoms. The number of hydrogen-bond acceptors (Lipinski definition) is 2. The molecule has 1 aromatic carbocycles. The van der Waals surface area contributed by atoms with Crippen LogP contribution in [0.15, 0.2) is 35.3 Å². The summed E-state index contributed by atoms with van der Waals surface area (Å²) in [5.74, 6) is 1.81. The fourth-order valence-corrected chi connectivity index (χ4v) is 4.47. The number of piperidine rings is 1. The number of hydrogen-bond donors (Lipinski definition) is 0. The van der Waals surface area contributed by atoms with Gasteiger partial charge in [0.05, 0.1) is 18.2 Å². The van der Waals surface area contributed by atoms with Gasteiger partial charge in [-0.2, -0.15) is 0 Å². The van der Waals surface area contributed by atoms with E-state index in [0.29, 0.717) is 18.6 Å². The Morgan fingerprint density at radius 1 is 1.25 bits per heavy atom. The van der Waals surface area contributed by atoms with E-state index in [1.807, 2.05) is 0 Å². The third-order valence-corrected chi connectivity index (χ3v) is 5.89. The molecule has 24 heavy (non-hydrogen) atoms. The molecule has 0 radical (unpaired) electrons. The summed E-state index contributed by atoms with van der Waals surface area (Å²) in [6, 6.07) is 11.9. The molecule has 3 nitrogen and oxygen atoms in total. The van der Waals surface area contributed by atoms with Crippen molar-refractivity contribution in [3.05, 3.63) is 35.9 Å². The first kappa shape index (κ1) is 17.5. The maximum absolute atomic E-state index is 5.42. The molecule has 0 spiro atoms. The van der Waals surface area contributed by atoms with Crippen LogP contribution in [0.1, 0.15) is 58.4 Å². The predicted molar refractivity (Wildman–Crippen MR) is 100 cm³/mol. The lowest BCUT2D eigenvalue weighted by atomic mass is 9.80. The highest BCUT2D eigenvalue weighted by molar-refractivity contribution is 5.86. The van der Waals surface area contributed by atoms with Crippen molar-refractivity contribution in [2.24, 2.45) is 10.9 Å². The lowest BCUT2D eigenvalue weighted by molar-refractivity contribution is 0.0924. The summed E-state index contributed by atoms with van der Waals surface area (Å²) in [7, 11) is 1.78. The summed E-state index contributed by atoms with van der Waals surface area (Å²) in [4.78, 5) is 7.85. The summed E-state index contributed by atoms with van der Waals surface area (Å²) in [5, 5.41) is 0. The molecule has 3 atom stereocenters. The van der Waals surface area contributed by atoms with Crippen LogP contribution in [-0.4, -0.2) is 36.5 Å². The Hall–Kier alpha value is -1.35. The van der Waals surface area contributed by atoms with Crippen LogP contribution in [0.25, 0.3) is 0 Å². The minimum atomic E-state index is 0.0775. The van der Waals surface area contributed by atoms with Gasteiger partial charge >= 0.3 is 0 Å². The van der Waals surface area contributed by atoms with E-state index in [9.17, 15) is 0 Å². The van der Waals surface area contributed by atoms with Crippen molar-refractivity contribution in [3.63, 3.8) is 0 Å². The van der Waals surface area contributed by atoms with Crippen molar-refractivity contribution in [2.75, 3.05) is 13.7 Å². The molecular weight excluding hydrogens is 296 g/mol. The second kappa shape index (κ2) is 7.26. The van der Waals surface area contributed by atoms with Crippen molar-refractivity contribution in [3.8, 4) is 0 Å². The van der Waals surface area contributed by atoms with Crippen molar-refractivity contribution in [2.45, 2.75) is 70.5 Å². The molecule has 0 aromatic heterocycles. The Morgan fingerprint density at radius 2 is 2.00 bits per heavy atom. The van der Waals surface area contributed by atoms with Crippen molar-refractivity contribution < 1.29 is 4.74 Å². The van der Waals surface area contributed by atoms with E-state index in [2.05, 4.69) is 56.0 Å². The molecule has 2 aliphatic heterocycles. The van der Waals surface area contributed by atoms with E-state index < -0.39 is 0 Å². The minimum absolute atomic E-state index is 0.0775. The second-order valence-corrected chi connectivity index (χ2v) is 7.91. The number of rotatable bonds is 5. The molecule has 0 saturated carbocycles. The molecule has 2 fully saturated rings. The van der Waals surface area contributed by atoms with Crippen LogP contribution in [0.4, 0.5) is 0 Å².